The molecule has 2 aromatic carbocycles. The van der Waals surface area contributed by atoms with Gasteiger partial charge >= 0.3 is 5.97 Å². The average molecular weight is 462 g/mol. The molecule has 3 aromatic rings. The van der Waals surface area contributed by atoms with Gasteiger partial charge in [0.2, 0.25) is 5.79 Å². The molecule has 2 unspecified atom stereocenters. The first-order valence-electron chi connectivity index (χ1n) is 10.9. The predicted octanol–water partition coefficient (Wildman–Crippen LogP) is 5.48. The highest BCUT2D eigenvalue weighted by molar-refractivity contribution is 8.00. The van der Waals surface area contributed by atoms with Crippen LogP contribution in [-0.4, -0.2) is 27.1 Å². The van der Waals surface area contributed by atoms with Crippen LogP contribution in [0.5, 0.6) is 0 Å². The average Bonchev–Trinajstić information content (AvgIpc) is 2.81. The van der Waals surface area contributed by atoms with Crippen LogP contribution in [0.1, 0.15) is 42.1 Å². The number of carbonyl (C=O) groups excluding carboxylic acids is 1. The molecule has 4 rings (SSSR count). The maximum atomic E-state index is 13.2. The first-order valence-corrected chi connectivity index (χ1v) is 11.8. The van der Waals surface area contributed by atoms with Crippen molar-refractivity contribution in [2.75, 3.05) is 0 Å². The summed E-state index contributed by atoms with van der Waals surface area (Å²) in [4.78, 5) is 18.4. The lowest BCUT2D eigenvalue weighted by atomic mass is 10.0. The van der Waals surface area contributed by atoms with Crippen molar-refractivity contribution in [3.63, 3.8) is 0 Å². The Bertz CT molecular complexity index is 1160. The summed E-state index contributed by atoms with van der Waals surface area (Å²) < 4.78 is 11.7. The Morgan fingerprint density at radius 1 is 1.12 bits per heavy atom. The third-order valence-electron chi connectivity index (χ3n) is 5.40. The summed E-state index contributed by atoms with van der Waals surface area (Å²) in [5, 5.41) is 10.7. The molecule has 5 nitrogen and oxygen atoms in total. The van der Waals surface area contributed by atoms with E-state index in [9.17, 15) is 9.90 Å². The van der Waals surface area contributed by atoms with Crippen LogP contribution in [0.2, 0.25) is 0 Å². The number of cyclic esters (lactones) is 1. The Morgan fingerprint density at radius 2 is 1.91 bits per heavy atom. The van der Waals surface area contributed by atoms with E-state index in [1.54, 1.807) is 6.20 Å². The number of thioether (sulfide) groups is 1. The van der Waals surface area contributed by atoms with Crippen LogP contribution in [0.4, 0.5) is 0 Å². The fraction of sp³-hybridized carbons (Fsp3) is 0.259. The van der Waals surface area contributed by atoms with Crippen LogP contribution in [0.15, 0.2) is 83.9 Å². The number of esters is 1. The summed E-state index contributed by atoms with van der Waals surface area (Å²) in [7, 11) is 0. The summed E-state index contributed by atoms with van der Waals surface area (Å²) >= 11 is 1.26. The van der Waals surface area contributed by atoms with Crippen molar-refractivity contribution in [2.45, 2.75) is 49.2 Å². The number of rotatable bonds is 7. The molecule has 1 aromatic heterocycles. The van der Waals surface area contributed by atoms with Gasteiger partial charge in [-0.3, -0.25) is 9.78 Å². The number of aliphatic hydroxyl groups is 1. The van der Waals surface area contributed by atoms with Gasteiger partial charge in [0.15, 0.2) is 5.25 Å². The summed E-state index contributed by atoms with van der Waals surface area (Å²) in [5.74, 6) is -1.91. The van der Waals surface area contributed by atoms with Crippen molar-refractivity contribution in [1.29, 1.82) is 0 Å². The molecule has 1 aliphatic heterocycles. The highest BCUT2D eigenvalue weighted by Gasteiger charge is 2.48. The lowest BCUT2D eigenvalue weighted by Gasteiger charge is -2.36. The number of aryl methyl sites for hydroxylation is 1. The molecule has 6 heteroatoms. The van der Waals surface area contributed by atoms with Gasteiger partial charge < -0.3 is 14.6 Å². The van der Waals surface area contributed by atoms with E-state index in [4.69, 9.17) is 9.47 Å². The van der Waals surface area contributed by atoms with E-state index in [1.807, 2.05) is 73.7 Å². The summed E-state index contributed by atoms with van der Waals surface area (Å²) in [6.07, 6.45) is 3.17. The minimum Gasteiger partial charge on any atom is -0.425 e. The molecule has 1 aliphatic rings. The highest BCUT2D eigenvalue weighted by Crippen LogP contribution is 2.41. The van der Waals surface area contributed by atoms with Gasteiger partial charge in [-0.2, -0.15) is 0 Å². The van der Waals surface area contributed by atoms with Crippen LogP contribution in [-0.2, 0) is 20.9 Å². The third kappa shape index (κ3) is 5.36. The standard InChI is InChI=1S/C27H27NO4S/c1-18(2)22-12-4-5-13-24(22)33-25-26(29)32-23(20-10-8-9-19(3)15-20)16-27(25,30)31-17-21-11-6-7-14-28-21/h4-16,18,25,30H,17H2,1-3H3. The zero-order valence-electron chi connectivity index (χ0n) is 18.9. The predicted molar refractivity (Wildman–Crippen MR) is 129 cm³/mol. The Morgan fingerprint density at radius 3 is 2.64 bits per heavy atom. The summed E-state index contributed by atoms with van der Waals surface area (Å²) in [6.45, 7) is 6.20. The molecule has 0 radical (unpaired) electrons. The molecule has 2 heterocycles. The molecule has 0 bridgehead atoms. The van der Waals surface area contributed by atoms with Crippen molar-refractivity contribution in [3.8, 4) is 0 Å². The molecule has 0 spiro atoms. The smallest absolute Gasteiger partial charge is 0.330 e. The zero-order chi connectivity index (χ0) is 23.4. The topological polar surface area (TPSA) is 68.7 Å². The van der Waals surface area contributed by atoms with Crippen molar-refractivity contribution in [2.24, 2.45) is 0 Å². The highest BCUT2D eigenvalue weighted by atomic mass is 32.2. The molecular weight excluding hydrogens is 434 g/mol. The van der Waals surface area contributed by atoms with Crippen molar-refractivity contribution >= 4 is 23.5 Å². The molecule has 0 saturated carbocycles. The molecule has 170 valence electrons. The Hall–Kier alpha value is -2.93. The van der Waals surface area contributed by atoms with Crippen molar-refractivity contribution in [3.05, 3.63) is 101 Å². The van der Waals surface area contributed by atoms with Crippen LogP contribution in [0.3, 0.4) is 0 Å². The molecule has 33 heavy (non-hydrogen) atoms. The molecule has 0 fully saturated rings. The number of benzene rings is 2. The number of hydrogen-bond donors (Lipinski definition) is 1. The SMILES string of the molecule is Cc1cccc(C2=CC(O)(OCc3ccccn3)C(Sc3ccccc3C(C)C)C(=O)O2)c1. The fourth-order valence-corrected chi connectivity index (χ4v) is 4.98. The second-order valence-corrected chi connectivity index (χ2v) is 9.50. The number of aromatic nitrogens is 1. The Labute approximate surface area is 198 Å². The van der Waals surface area contributed by atoms with Crippen LogP contribution < -0.4 is 0 Å². The van der Waals surface area contributed by atoms with E-state index in [-0.39, 0.29) is 18.3 Å². The van der Waals surface area contributed by atoms with Gasteiger partial charge in [0.25, 0.3) is 0 Å². The van der Waals surface area contributed by atoms with E-state index < -0.39 is 17.0 Å². The van der Waals surface area contributed by atoms with Gasteiger partial charge in [-0.05, 0) is 42.7 Å². The van der Waals surface area contributed by atoms with Gasteiger partial charge in [-0.25, -0.2) is 0 Å². The Balaban J connectivity index is 1.71. The zero-order valence-corrected chi connectivity index (χ0v) is 19.7. The normalized spacial score (nSPS) is 20.5. The molecule has 1 N–H and O–H groups in total. The number of ether oxygens (including phenoxy) is 2. The molecular formula is C27H27NO4S. The van der Waals surface area contributed by atoms with E-state index in [1.165, 1.54) is 17.8 Å². The maximum Gasteiger partial charge on any atom is 0.330 e. The van der Waals surface area contributed by atoms with Crippen molar-refractivity contribution in [1.82, 2.24) is 4.98 Å². The second kappa shape index (κ2) is 9.91. The third-order valence-corrected chi connectivity index (χ3v) is 6.80. The number of hydrogen-bond acceptors (Lipinski definition) is 6. The van der Waals surface area contributed by atoms with E-state index in [2.05, 4.69) is 18.8 Å². The molecule has 0 amide bonds. The van der Waals surface area contributed by atoms with Crippen LogP contribution >= 0.6 is 11.8 Å². The molecule has 2 atom stereocenters. The van der Waals surface area contributed by atoms with Gasteiger partial charge in [0.1, 0.15) is 5.76 Å². The van der Waals surface area contributed by atoms with Crippen molar-refractivity contribution < 1.29 is 19.4 Å². The van der Waals surface area contributed by atoms with Gasteiger partial charge in [0, 0.05) is 22.7 Å². The van der Waals surface area contributed by atoms with Gasteiger partial charge in [-0.1, -0.05) is 61.9 Å². The van der Waals surface area contributed by atoms with E-state index in [0.29, 0.717) is 11.3 Å². The second-order valence-electron chi connectivity index (χ2n) is 8.35. The van der Waals surface area contributed by atoms with Crippen LogP contribution in [0.25, 0.3) is 5.76 Å². The van der Waals surface area contributed by atoms with E-state index >= 15 is 0 Å². The quantitative estimate of drug-likeness (QED) is 0.371. The first-order chi connectivity index (χ1) is 15.9. The monoisotopic (exact) mass is 461 g/mol. The molecule has 0 aliphatic carbocycles. The van der Waals surface area contributed by atoms with E-state index in [0.717, 1.165) is 16.0 Å². The minimum absolute atomic E-state index is 0.0467. The summed E-state index contributed by atoms with van der Waals surface area (Å²) in [6, 6.07) is 20.9. The van der Waals surface area contributed by atoms with Gasteiger partial charge in [0.05, 0.1) is 12.3 Å². The number of nitrogens with zero attached hydrogens (tertiary/aromatic N) is 1. The molecule has 0 saturated heterocycles. The Kier molecular flexibility index (Phi) is 6.98. The lowest BCUT2D eigenvalue weighted by Crippen LogP contribution is -2.49. The first kappa shape index (κ1) is 23.2. The van der Waals surface area contributed by atoms with Crippen LogP contribution in [0, 0.1) is 6.92 Å². The van der Waals surface area contributed by atoms with Gasteiger partial charge in [-0.15, -0.1) is 11.8 Å². The fourth-order valence-electron chi connectivity index (χ4n) is 3.68. The lowest BCUT2D eigenvalue weighted by molar-refractivity contribution is -0.190. The largest absolute Gasteiger partial charge is 0.425 e. The minimum atomic E-state index is -1.89. The number of carbonyl (C=O) groups is 1. The summed E-state index contributed by atoms with van der Waals surface area (Å²) in [5.41, 5.74) is 3.47. The maximum absolute atomic E-state index is 13.2. The number of pyridine rings is 1.